The molecule has 1 N–H and O–H groups in total. The number of carbonyl (C=O) groups is 1. The van der Waals surface area contributed by atoms with Gasteiger partial charge in [0.05, 0.1) is 21.2 Å². The molecule has 0 radical (unpaired) electrons. The van der Waals surface area contributed by atoms with Crippen molar-refractivity contribution in [2.24, 2.45) is 0 Å². The molecule has 0 saturated heterocycles. The number of carbonyl (C=O) groups excluding carboxylic acids is 1. The van der Waals surface area contributed by atoms with Crippen LogP contribution in [0.1, 0.15) is 13.8 Å². The summed E-state index contributed by atoms with van der Waals surface area (Å²) in [5, 5.41) is 9.17. The molecule has 9 heteroatoms. The first-order valence-electron chi connectivity index (χ1n) is 4.58. The molecular formula is C8H19NO7S. The Labute approximate surface area is 101 Å². The molecule has 104 valence electrons. The Kier molecular flexibility index (Phi) is 8.28. The van der Waals surface area contributed by atoms with Crippen molar-refractivity contribution >= 4 is 16.4 Å². The maximum Gasteiger partial charge on any atom is 0.306 e. The lowest BCUT2D eigenvalue weighted by Crippen LogP contribution is -2.49. The van der Waals surface area contributed by atoms with Gasteiger partial charge >= 0.3 is 5.97 Å². The first-order valence-corrected chi connectivity index (χ1v) is 5.91. The van der Waals surface area contributed by atoms with Crippen LogP contribution in [0, 0.1) is 0 Å². The van der Waals surface area contributed by atoms with Gasteiger partial charge in [-0.15, -0.1) is 0 Å². The molecule has 1 unspecified atom stereocenters. The molecule has 0 aromatic rings. The van der Waals surface area contributed by atoms with Gasteiger partial charge in [-0.3, -0.25) is 13.5 Å². The zero-order chi connectivity index (χ0) is 14.3. The Hall–Kier alpha value is -0.740. The van der Waals surface area contributed by atoms with Crippen molar-refractivity contribution < 1.29 is 36.3 Å². The number of ether oxygens (including phenoxy) is 1. The average molecular weight is 273 g/mol. The lowest BCUT2D eigenvalue weighted by atomic mass is 10.5. The van der Waals surface area contributed by atoms with Crippen LogP contribution in [0.3, 0.4) is 0 Å². The monoisotopic (exact) mass is 273 g/mol. The van der Waals surface area contributed by atoms with Crippen molar-refractivity contribution in [1.29, 1.82) is 0 Å². The summed E-state index contributed by atoms with van der Waals surface area (Å²) in [5.74, 6) is -0.322. The molecule has 0 bridgehead atoms. The van der Waals surface area contributed by atoms with Gasteiger partial charge in [-0.05, 0) is 0 Å². The van der Waals surface area contributed by atoms with Crippen LogP contribution in [0.4, 0.5) is 0 Å². The summed E-state index contributed by atoms with van der Waals surface area (Å²) in [5.41, 5.74) is 0. The normalized spacial score (nSPS) is 13.4. The van der Waals surface area contributed by atoms with Crippen LogP contribution in [0.2, 0.25) is 0 Å². The lowest BCUT2D eigenvalue weighted by molar-refractivity contribution is -0.949. The van der Waals surface area contributed by atoms with Crippen molar-refractivity contribution in [3.8, 4) is 0 Å². The highest BCUT2D eigenvalue weighted by molar-refractivity contribution is 7.80. The second-order valence-electron chi connectivity index (χ2n) is 3.75. The third-order valence-corrected chi connectivity index (χ3v) is 2.22. The first-order chi connectivity index (χ1) is 7.42. The Morgan fingerprint density at radius 2 is 1.82 bits per heavy atom. The molecule has 0 spiro atoms. The van der Waals surface area contributed by atoms with E-state index in [1.807, 2.05) is 0 Å². The van der Waals surface area contributed by atoms with Crippen LogP contribution in [0.5, 0.6) is 0 Å². The molecule has 0 aliphatic carbocycles. The van der Waals surface area contributed by atoms with Gasteiger partial charge in [-0.2, -0.15) is 0 Å². The number of rotatable bonds is 4. The van der Waals surface area contributed by atoms with Crippen molar-refractivity contribution in [2.75, 3.05) is 27.9 Å². The van der Waals surface area contributed by atoms with Crippen LogP contribution in [-0.2, 0) is 24.1 Å². The van der Waals surface area contributed by atoms with E-state index in [2.05, 4.69) is 4.18 Å². The molecular weight excluding hydrogens is 254 g/mol. The van der Waals surface area contributed by atoms with Crippen LogP contribution in [0.15, 0.2) is 0 Å². The van der Waals surface area contributed by atoms with E-state index < -0.39 is 16.6 Å². The fraction of sp³-hybridized carbons (Fsp3) is 0.875. The predicted molar refractivity (Wildman–Crippen MR) is 57.1 cm³/mol. The smallest absolute Gasteiger partial charge is 0.306 e. The van der Waals surface area contributed by atoms with E-state index in [0.29, 0.717) is 0 Å². The van der Waals surface area contributed by atoms with Gasteiger partial charge in [0, 0.05) is 13.8 Å². The van der Waals surface area contributed by atoms with Gasteiger partial charge in [-0.1, -0.05) is 0 Å². The average Bonchev–Trinajstić information content (AvgIpc) is 2.14. The molecule has 8 nitrogen and oxygen atoms in total. The first kappa shape index (κ1) is 18.6. The van der Waals surface area contributed by atoms with E-state index in [1.54, 1.807) is 21.0 Å². The van der Waals surface area contributed by atoms with Crippen molar-refractivity contribution in [3.05, 3.63) is 0 Å². The molecule has 0 amide bonds. The second kappa shape index (κ2) is 7.56. The van der Waals surface area contributed by atoms with Crippen molar-refractivity contribution in [3.63, 3.8) is 0 Å². The van der Waals surface area contributed by atoms with Crippen LogP contribution in [0.25, 0.3) is 0 Å². The molecule has 17 heavy (non-hydrogen) atoms. The molecule has 1 atom stereocenters. The number of aliphatic hydroxyl groups excluding tert-OH is 1. The molecule has 0 aliphatic rings. The fourth-order valence-electron chi connectivity index (χ4n) is 0.365. The SMILES string of the molecule is CC(=O)OC[N+](C)(C)C(C)O.COS(=O)(=O)[O-]. The number of nitrogens with zero attached hydrogens (tertiary/aromatic N) is 1. The fourth-order valence-corrected chi connectivity index (χ4v) is 0.365. The second-order valence-corrected chi connectivity index (χ2v) is 4.90. The van der Waals surface area contributed by atoms with Crippen molar-refractivity contribution in [1.82, 2.24) is 0 Å². The van der Waals surface area contributed by atoms with E-state index in [1.165, 1.54) is 6.92 Å². The van der Waals surface area contributed by atoms with Crippen LogP contribution in [-0.4, -0.2) is 62.7 Å². The number of quaternary nitrogens is 1. The molecule has 0 rings (SSSR count). The third kappa shape index (κ3) is 13.2. The minimum absolute atomic E-state index is 0.201. The molecule has 0 aromatic heterocycles. The van der Waals surface area contributed by atoms with Crippen molar-refractivity contribution in [2.45, 2.75) is 20.1 Å². The topological polar surface area (TPSA) is 113 Å². The van der Waals surface area contributed by atoms with Gasteiger partial charge < -0.3 is 14.4 Å². The summed E-state index contributed by atoms with van der Waals surface area (Å²) in [6.45, 7) is 3.21. The van der Waals surface area contributed by atoms with E-state index in [9.17, 15) is 22.9 Å². The van der Waals surface area contributed by atoms with E-state index in [-0.39, 0.29) is 17.2 Å². The van der Waals surface area contributed by atoms with Gasteiger partial charge in [0.1, 0.15) is 0 Å². The van der Waals surface area contributed by atoms with Gasteiger partial charge in [0.25, 0.3) is 0 Å². The van der Waals surface area contributed by atoms with Gasteiger partial charge in [0.2, 0.25) is 17.1 Å². The predicted octanol–water partition coefficient (Wildman–Crippen LogP) is -0.985. The molecule has 0 fully saturated rings. The Balaban J connectivity index is 0. The largest absolute Gasteiger partial charge is 0.726 e. The summed E-state index contributed by atoms with van der Waals surface area (Å²) < 4.78 is 36.0. The van der Waals surface area contributed by atoms with E-state index in [0.717, 1.165) is 7.11 Å². The number of esters is 1. The summed E-state index contributed by atoms with van der Waals surface area (Å²) in [7, 11) is -0.0335. The highest BCUT2D eigenvalue weighted by atomic mass is 32.3. The molecule has 0 heterocycles. The van der Waals surface area contributed by atoms with E-state index >= 15 is 0 Å². The Morgan fingerprint density at radius 1 is 1.47 bits per heavy atom. The molecule has 0 aliphatic heterocycles. The summed E-state index contributed by atoms with van der Waals surface area (Å²) in [4.78, 5) is 10.4. The molecule has 0 saturated carbocycles. The number of hydrogen-bond acceptors (Lipinski definition) is 7. The standard InChI is InChI=1S/C7H16NO3.CH4O4S/c1-6(9)8(3,4)5-11-7(2)10;1-5-6(2,3)4/h6,9H,5H2,1-4H3;1H3,(H,2,3,4)/q+1;/p-1. The highest BCUT2D eigenvalue weighted by Crippen LogP contribution is 2.02. The minimum Gasteiger partial charge on any atom is -0.726 e. The Morgan fingerprint density at radius 3 is 2.00 bits per heavy atom. The van der Waals surface area contributed by atoms with Crippen LogP contribution >= 0.6 is 0 Å². The van der Waals surface area contributed by atoms with Crippen LogP contribution < -0.4 is 0 Å². The zero-order valence-corrected chi connectivity index (χ0v) is 11.4. The summed E-state index contributed by atoms with van der Waals surface area (Å²) in [6.07, 6.45) is -0.533. The maximum absolute atomic E-state index is 10.4. The van der Waals surface area contributed by atoms with E-state index in [4.69, 9.17) is 4.74 Å². The zero-order valence-electron chi connectivity index (χ0n) is 10.5. The Bertz CT molecular complexity index is 323. The quantitative estimate of drug-likeness (QED) is 0.230. The summed E-state index contributed by atoms with van der Waals surface area (Å²) >= 11 is 0. The third-order valence-electron chi connectivity index (χ3n) is 1.82. The van der Waals surface area contributed by atoms with Gasteiger partial charge in [0.15, 0.2) is 6.23 Å². The molecule has 0 aromatic carbocycles. The number of aliphatic hydroxyl groups is 1. The number of hydrogen-bond donors (Lipinski definition) is 1. The maximum atomic E-state index is 10.4. The highest BCUT2D eigenvalue weighted by Gasteiger charge is 2.22. The minimum atomic E-state index is -4.41. The lowest BCUT2D eigenvalue weighted by Gasteiger charge is -2.31. The summed E-state index contributed by atoms with van der Waals surface area (Å²) in [6, 6.07) is 0. The van der Waals surface area contributed by atoms with Gasteiger partial charge in [-0.25, -0.2) is 8.42 Å².